The van der Waals surface area contributed by atoms with E-state index in [9.17, 15) is 8.42 Å². The Hall–Kier alpha value is -2.35. The lowest BCUT2D eigenvalue weighted by molar-refractivity contribution is 0.555. The highest BCUT2D eigenvalue weighted by atomic mass is 32.2. The normalized spacial score (nSPS) is 12.2. The molecule has 2 N–H and O–H groups in total. The zero-order valence-corrected chi connectivity index (χ0v) is 18.0. The van der Waals surface area contributed by atoms with Gasteiger partial charge in [-0.2, -0.15) is 5.10 Å². The molecule has 0 unspecified atom stereocenters. The number of hydrogen-bond acceptors (Lipinski definition) is 4. The largest absolute Gasteiger partial charge is 0.357 e. The molecule has 2 aromatic rings. The summed E-state index contributed by atoms with van der Waals surface area (Å²) in [4.78, 5) is 4.61. The summed E-state index contributed by atoms with van der Waals surface area (Å²) >= 11 is 0. The van der Waals surface area contributed by atoms with Crippen LogP contribution in [0.25, 0.3) is 0 Å². The predicted octanol–water partition coefficient (Wildman–Crippen LogP) is 2.19. The molecule has 28 heavy (non-hydrogen) atoms. The van der Waals surface area contributed by atoms with Gasteiger partial charge in [-0.25, -0.2) is 13.4 Å². The molecule has 0 saturated carbocycles. The van der Waals surface area contributed by atoms with Crippen molar-refractivity contribution in [3.05, 3.63) is 52.8 Å². The van der Waals surface area contributed by atoms with E-state index in [-0.39, 0.29) is 5.75 Å². The fourth-order valence-corrected chi connectivity index (χ4v) is 3.69. The van der Waals surface area contributed by atoms with Crippen molar-refractivity contribution in [1.82, 2.24) is 20.4 Å². The highest BCUT2D eigenvalue weighted by molar-refractivity contribution is 7.89. The Morgan fingerprint density at radius 1 is 1.14 bits per heavy atom. The number of sulfone groups is 1. The van der Waals surface area contributed by atoms with E-state index >= 15 is 0 Å². The van der Waals surface area contributed by atoms with E-state index in [0.717, 1.165) is 48.8 Å². The highest BCUT2D eigenvalue weighted by Gasteiger charge is 2.05. The van der Waals surface area contributed by atoms with Crippen molar-refractivity contribution in [2.45, 2.75) is 46.0 Å². The first-order valence-electron chi connectivity index (χ1n) is 9.55. The lowest BCUT2D eigenvalue weighted by Crippen LogP contribution is -2.38. The number of rotatable bonds is 9. The topological polar surface area (TPSA) is 88.4 Å². The van der Waals surface area contributed by atoms with Gasteiger partial charge in [-0.3, -0.25) is 4.68 Å². The molecular weight excluding hydrogens is 374 g/mol. The van der Waals surface area contributed by atoms with Crippen LogP contribution >= 0.6 is 0 Å². The summed E-state index contributed by atoms with van der Waals surface area (Å²) in [5, 5.41) is 11.1. The molecule has 1 heterocycles. The first-order chi connectivity index (χ1) is 13.3. The third-order valence-corrected chi connectivity index (χ3v) is 5.02. The molecule has 0 spiro atoms. The van der Waals surface area contributed by atoms with Gasteiger partial charge in [0.1, 0.15) is 0 Å². The third kappa shape index (κ3) is 7.72. The van der Waals surface area contributed by atoms with Gasteiger partial charge in [-0.05, 0) is 44.4 Å². The van der Waals surface area contributed by atoms with Crippen molar-refractivity contribution in [2.24, 2.45) is 4.99 Å². The first-order valence-corrected chi connectivity index (χ1v) is 11.6. The van der Waals surface area contributed by atoms with E-state index < -0.39 is 9.84 Å². The van der Waals surface area contributed by atoms with Gasteiger partial charge in [-0.15, -0.1) is 0 Å². The van der Waals surface area contributed by atoms with Crippen LogP contribution in [-0.4, -0.2) is 43.5 Å². The maximum Gasteiger partial charge on any atom is 0.191 e. The van der Waals surface area contributed by atoms with Gasteiger partial charge >= 0.3 is 0 Å². The Morgan fingerprint density at radius 3 is 2.39 bits per heavy atom. The van der Waals surface area contributed by atoms with Crippen molar-refractivity contribution in [2.75, 3.05) is 19.3 Å². The second-order valence-corrected chi connectivity index (χ2v) is 9.15. The standard InChI is InChI=1S/C20H31N5O2S/c1-5-21-20(22-11-6-12-25-17(3)13-16(2)24-25)23-14-18-7-9-19(10-8-18)15-28(4,26)27/h7-10,13H,5-6,11-12,14-15H2,1-4H3,(H2,21,22,23). The molecular formula is C20H31N5O2S. The van der Waals surface area contributed by atoms with Gasteiger partial charge in [0.2, 0.25) is 0 Å². The molecule has 0 aliphatic carbocycles. The molecule has 154 valence electrons. The molecule has 0 aliphatic rings. The molecule has 0 amide bonds. The predicted molar refractivity (Wildman–Crippen MR) is 114 cm³/mol. The van der Waals surface area contributed by atoms with Crippen LogP contribution in [0.4, 0.5) is 0 Å². The Labute approximate surface area is 168 Å². The number of aromatic nitrogens is 2. The van der Waals surface area contributed by atoms with Crippen LogP contribution in [0.15, 0.2) is 35.3 Å². The first kappa shape index (κ1) is 21.9. The molecule has 2 rings (SSSR count). The number of aryl methyl sites for hydroxylation is 3. The molecule has 0 aliphatic heterocycles. The molecule has 0 bridgehead atoms. The third-order valence-electron chi connectivity index (χ3n) is 4.16. The monoisotopic (exact) mass is 405 g/mol. The van der Waals surface area contributed by atoms with Gasteiger partial charge < -0.3 is 10.6 Å². The van der Waals surface area contributed by atoms with Gasteiger partial charge in [0.25, 0.3) is 0 Å². The van der Waals surface area contributed by atoms with E-state index in [2.05, 4.69) is 33.7 Å². The van der Waals surface area contributed by atoms with Gasteiger partial charge in [0.15, 0.2) is 15.8 Å². The summed E-state index contributed by atoms with van der Waals surface area (Å²) in [5.41, 5.74) is 4.06. The Morgan fingerprint density at radius 2 is 1.82 bits per heavy atom. The zero-order valence-electron chi connectivity index (χ0n) is 17.2. The van der Waals surface area contributed by atoms with Crippen LogP contribution < -0.4 is 10.6 Å². The second-order valence-electron chi connectivity index (χ2n) is 7.01. The Balaban J connectivity index is 1.84. The average molecular weight is 406 g/mol. The fraction of sp³-hybridized carbons (Fsp3) is 0.500. The SMILES string of the molecule is CCNC(=NCc1ccc(CS(C)(=O)=O)cc1)NCCCn1nc(C)cc1C. The number of hydrogen-bond donors (Lipinski definition) is 2. The number of nitrogens with one attached hydrogen (secondary N) is 2. The molecule has 7 nitrogen and oxygen atoms in total. The minimum absolute atomic E-state index is 0.0655. The molecule has 8 heteroatoms. The maximum absolute atomic E-state index is 11.4. The summed E-state index contributed by atoms with van der Waals surface area (Å²) in [6.07, 6.45) is 2.20. The average Bonchev–Trinajstić information content (AvgIpc) is 2.93. The lowest BCUT2D eigenvalue weighted by Gasteiger charge is -2.12. The lowest BCUT2D eigenvalue weighted by atomic mass is 10.1. The van der Waals surface area contributed by atoms with E-state index in [1.54, 1.807) is 0 Å². The van der Waals surface area contributed by atoms with Crippen molar-refractivity contribution in [3.8, 4) is 0 Å². The molecule has 1 aromatic heterocycles. The molecule has 0 atom stereocenters. The van der Waals surface area contributed by atoms with Crippen molar-refractivity contribution < 1.29 is 8.42 Å². The zero-order chi connectivity index (χ0) is 20.6. The van der Waals surface area contributed by atoms with E-state index in [1.807, 2.05) is 42.8 Å². The number of guanidine groups is 1. The van der Waals surface area contributed by atoms with Crippen molar-refractivity contribution >= 4 is 15.8 Å². The summed E-state index contributed by atoms with van der Waals surface area (Å²) in [6, 6.07) is 9.63. The summed E-state index contributed by atoms with van der Waals surface area (Å²) in [7, 11) is -3.01. The van der Waals surface area contributed by atoms with Gasteiger partial charge in [-0.1, -0.05) is 24.3 Å². The maximum atomic E-state index is 11.4. The van der Waals surface area contributed by atoms with E-state index in [4.69, 9.17) is 0 Å². The van der Waals surface area contributed by atoms with E-state index in [0.29, 0.717) is 6.54 Å². The second kappa shape index (κ2) is 10.3. The van der Waals surface area contributed by atoms with Crippen LogP contribution in [0.2, 0.25) is 0 Å². The molecule has 1 aromatic carbocycles. The molecule has 0 radical (unpaired) electrons. The van der Waals surface area contributed by atoms with Crippen LogP contribution in [0.3, 0.4) is 0 Å². The van der Waals surface area contributed by atoms with E-state index in [1.165, 1.54) is 11.9 Å². The molecule has 0 saturated heterocycles. The smallest absolute Gasteiger partial charge is 0.191 e. The Bertz CT molecular complexity index is 886. The Kier molecular flexibility index (Phi) is 8.04. The van der Waals surface area contributed by atoms with Crippen LogP contribution in [-0.2, 0) is 28.7 Å². The minimum Gasteiger partial charge on any atom is -0.357 e. The number of nitrogens with zero attached hydrogens (tertiary/aromatic N) is 3. The molecule has 0 fully saturated rings. The van der Waals surface area contributed by atoms with Crippen molar-refractivity contribution in [1.29, 1.82) is 0 Å². The van der Waals surface area contributed by atoms with Gasteiger partial charge in [0.05, 0.1) is 18.0 Å². The summed E-state index contributed by atoms with van der Waals surface area (Å²) in [6.45, 7) is 9.10. The fourth-order valence-electron chi connectivity index (χ4n) is 2.89. The quantitative estimate of drug-likeness (QED) is 0.379. The van der Waals surface area contributed by atoms with Gasteiger partial charge in [0, 0.05) is 31.6 Å². The number of benzene rings is 1. The highest BCUT2D eigenvalue weighted by Crippen LogP contribution is 2.09. The minimum atomic E-state index is -3.01. The summed E-state index contributed by atoms with van der Waals surface area (Å²) in [5.74, 6) is 0.840. The van der Waals surface area contributed by atoms with Crippen LogP contribution in [0, 0.1) is 13.8 Å². The number of aliphatic imine (C=N–C) groups is 1. The van der Waals surface area contributed by atoms with Crippen LogP contribution in [0.1, 0.15) is 35.9 Å². The summed E-state index contributed by atoms with van der Waals surface area (Å²) < 4.78 is 24.8. The van der Waals surface area contributed by atoms with Crippen molar-refractivity contribution in [3.63, 3.8) is 0 Å². The van der Waals surface area contributed by atoms with Crippen LogP contribution in [0.5, 0.6) is 0 Å².